The minimum Gasteiger partial charge on any atom is -0.497 e. The van der Waals surface area contributed by atoms with E-state index < -0.39 is 35.5 Å². The van der Waals surface area contributed by atoms with Crippen LogP contribution in [0.1, 0.15) is 23.0 Å². The summed E-state index contributed by atoms with van der Waals surface area (Å²) in [5.41, 5.74) is 1.13. The number of benzene rings is 2. The molecule has 2 aromatic carbocycles. The van der Waals surface area contributed by atoms with Crippen LogP contribution in [-0.2, 0) is 25.7 Å². The second-order valence-electron chi connectivity index (χ2n) is 11.0. The van der Waals surface area contributed by atoms with E-state index in [-0.39, 0.29) is 24.5 Å². The van der Waals surface area contributed by atoms with Gasteiger partial charge in [0, 0.05) is 29.8 Å². The number of methoxy groups -OCH3 is 1. The van der Waals surface area contributed by atoms with Crippen molar-refractivity contribution in [3.05, 3.63) is 113 Å². The van der Waals surface area contributed by atoms with Crippen LogP contribution in [0.25, 0.3) is 16.6 Å². The molecular formula is C36H36N6O10. The minimum atomic E-state index is -1.26. The number of pyridine rings is 2. The number of hydrogen-bond acceptors (Lipinski definition) is 11. The third-order valence-corrected chi connectivity index (χ3v) is 7.19. The molecule has 0 saturated carbocycles. The lowest BCUT2D eigenvalue weighted by Gasteiger charge is -2.18. The van der Waals surface area contributed by atoms with Crippen molar-refractivity contribution in [3.63, 3.8) is 0 Å². The highest BCUT2D eigenvalue weighted by molar-refractivity contribution is 6.04. The molecule has 16 heteroatoms. The number of ether oxygens (including phenoxy) is 3. The average molecular weight is 713 g/mol. The molecule has 270 valence electrons. The molecule has 0 spiro atoms. The van der Waals surface area contributed by atoms with Crippen LogP contribution >= 0.6 is 0 Å². The van der Waals surface area contributed by atoms with E-state index in [9.17, 15) is 24.0 Å². The van der Waals surface area contributed by atoms with Crippen LogP contribution in [0, 0.1) is 6.92 Å². The summed E-state index contributed by atoms with van der Waals surface area (Å²) >= 11 is 0. The second kappa shape index (κ2) is 17.7. The summed E-state index contributed by atoms with van der Waals surface area (Å²) in [5.74, 6) is -1.60. The van der Waals surface area contributed by atoms with E-state index in [0.29, 0.717) is 46.3 Å². The number of rotatable bonds is 13. The van der Waals surface area contributed by atoms with E-state index in [1.54, 1.807) is 81.3 Å². The van der Waals surface area contributed by atoms with Crippen LogP contribution in [0.5, 0.6) is 17.2 Å². The summed E-state index contributed by atoms with van der Waals surface area (Å²) in [7, 11) is 3.24. The van der Waals surface area contributed by atoms with Crippen molar-refractivity contribution in [3.8, 4) is 22.9 Å². The lowest BCUT2D eigenvalue weighted by molar-refractivity contribution is -0.147. The van der Waals surface area contributed by atoms with Gasteiger partial charge in [-0.3, -0.25) is 24.0 Å². The minimum absolute atomic E-state index is 0.0524. The highest BCUT2D eigenvalue weighted by atomic mass is 16.5. The number of anilines is 1. The standard InChI is InChI=1S/C32H32N6O6.C4H4O4/c1-20(43-29(39)18-33-3)19-37-21(2)30(32(41)38(37)22-8-6-5-7-9-22)31(40)36-28-13-11-24(17-35-28)44-27-14-15-34-26-16-23(42-4)10-12-25(26)27;5-3(6)1-2-4(7)8/h5-17,20,33H,18-19H2,1-4H3,(H,35,36,40);1-2H,(H,5,6)(H,7,8)/b;2-1-/t20-;/m1./s1. The maximum Gasteiger partial charge on any atom is 0.328 e. The lowest BCUT2D eigenvalue weighted by atomic mass is 10.2. The number of carbonyl (C=O) groups excluding carboxylic acids is 2. The molecule has 0 aliphatic rings. The van der Waals surface area contributed by atoms with E-state index in [1.807, 2.05) is 24.3 Å². The maximum atomic E-state index is 13.7. The Hall–Kier alpha value is -6.81. The average Bonchev–Trinajstić information content (AvgIpc) is 3.36. The van der Waals surface area contributed by atoms with Gasteiger partial charge in [0.1, 0.15) is 34.7 Å². The molecule has 0 fully saturated rings. The summed E-state index contributed by atoms with van der Waals surface area (Å²) in [6.45, 7) is 3.61. The molecule has 16 nitrogen and oxygen atoms in total. The molecule has 0 radical (unpaired) electrons. The molecule has 0 saturated heterocycles. The Morgan fingerprint density at radius 2 is 1.63 bits per heavy atom. The third kappa shape index (κ3) is 9.88. The van der Waals surface area contributed by atoms with Crippen LogP contribution in [0.3, 0.4) is 0 Å². The van der Waals surface area contributed by atoms with Gasteiger partial charge in [0.25, 0.3) is 11.5 Å². The van der Waals surface area contributed by atoms with Gasteiger partial charge < -0.3 is 35.1 Å². The van der Waals surface area contributed by atoms with Gasteiger partial charge in [-0.2, -0.15) is 0 Å². The van der Waals surface area contributed by atoms with E-state index in [2.05, 4.69) is 20.6 Å². The Bertz CT molecular complexity index is 2130. The van der Waals surface area contributed by atoms with Gasteiger partial charge in [-0.05, 0) is 63.4 Å². The molecule has 1 atom stereocenters. The molecule has 5 rings (SSSR count). The van der Waals surface area contributed by atoms with Crippen molar-refractivity contribution in [2.24, 2.45) is 0 Å². The van der Waals surface area contributed by atoms with Gasteiger partial charge in [-0.1, -0.05) is 18.2 Å². The topological polar surface area (TPSA) is 213 Å². The normalized spacial score (nSPS) is 11.3. The fraction of sp³-hybridized carbons (Fsp3) is 0.194. The van der Waals surface area contributed by atoms with Crippen molar-refractivity contribution in [1.82, 2.24) is 24.6 Å². The first-order valence-electron chi connectivity index (χ1n) is 15.7. The number of aliphatic carboxylic acids is 2. The molecule has 3 heterocycles. The zero-order chi connectivity index (χ0) is 37.8. The quantitative estimate of drug-likeness (QED) is 0.101. The number of carbonyl (C=O) groups is 4. The summed E-state index contributed by atoms with van der Waals surface area (Å²) in [6.07, 6.45) is 3.67. The van der Waals surface area contributed by atoms with Crippen molar-refractivity contribution >= 4 is 40.5 Å². The number of carboxylic acid groups (broad SMARTS) is 2. The molecule has 1 amide bonds. The smallest absolute Gasteiger partial charge is 0.328 e. The molecule has 0 aliphatic carbocycles. The van der Waals surface area contributed by atoms with Gasteiger partial charge in [0.15, 0.2) is 0 Å². The predicted molar refractivity (Wildman–Crippen MR) is 189 cm³/mol. The van der Waals surface area contributed by atoms with Gasteiger partial charge in [0.05, 0.1) is 43.3 Å². The number of likely N-dealkylation sites (N-methyl/N-ethyl adjacent to an activating group) is 1. The highest BCUT2D eigenvalue weighted by Gasteiger charge is 2.25. The fourth-order valence-electron chi connectivity index (χ4n) is 4.93. The Morgan fingerprint density at radius 3 is 2.25 bits per heavy atom. The third-order valence-electron chi connectivity index (χ3n) is 7.19. The highest BCUT2D eigenvalue weighted by Crippen LogP contribution is 2.31. The fourth-order valence-corrected chi connectivity index (χ4v) is 4.93. The van der Waals surface area contributed by atoms with Gasteiger partial charge in [0.2, 0.25) is 0 Å². The largest absolute Gasteiger partial charge is 0.497 e. The van der Waals surface area contributed by atoms with Crippen LogP contribution in [0.2, 0.25) is 0 Å². The molecule has 0 bridgehead atoms. The number of nitrogens with zero attached hydrogens (tertiary/aromatic N) is 4. The summed E-state index contributed by atoms with van der Waals surface area (Å²) in [6, 6.07) is 19.5. The number of amides is 1. The van der Waals surface area contributed by atoms with Gasteiger partial charge >= 0.3 is 17.9 Å². The maximum absolute atomic E-state index is 13.7. The summed E-state index contributed by atoms with van der Waals surface area (Å²) in [5, 5.41) is 21.9. The van der Waals surface area contributed by atoms with Gasteiger partial charge in [-0.25, -0.2) is 19.3 Å². The number of carboxylic acids is 2. The number of para-hydroxylation sites is 1. The van der Waals surface area contributed by atoms with Crippen molar-refractivity contribution in [2.45, 2.75) is 26.5 Å². The monoisotopic (exact) mass is 712 g/mol. The van der Waals surface area contributed by atoms with E-state index >= 15 is 0 Å². The molecule has 0 aliphatic heterocycles. The number of aromatic nitrogens is 4. The van der Waals surface area contributed by atoms with Crippen LogP contribution < -0.4 is 25.7 Å². The number of nitrogens with one attached hydrogen (secondary N) is 2. The Morgan fingerprint density at radius 1 is 0.942 bits per heavy atom. The van der Waals surface area contributed by atoms with E-state index in [1.165, 1.54) is 10.9 Å². The molecule has 52 heavy (non-hydrogen) atoms. The second-order valence-corrected chi connectivity index (χ2v) is 11.0. The van der Waals surface area contributed by atoms with E-state index in [0.717, 1.165) is 5.39 Å². The van der Waals surface area contributed by atoms with Crippen LogP contribution in [0.15, 0.2) is 96.1 Å². The zero-order valence-corrected chi connectivity index (χ0v) is 28.6. The zero-order valence-electron chi connectivity index (χ0n) is 28.6. The lowest BCUT2D eigenvalue weighted by Crippen LogP contribution is -2.30. The summed E-state index contributed by atoms with van der Waals surface area (Å²) in [4.78, 5) is 66.9. The van der Waals surface area contributed by atoms with Crippen molar-refractivity contribution < 1.29 is 43.6 Å². The van der Waals surface area contributed by atoms with Crippen LogP contribution in [-0.4, -0.2) is 80.2 Å². The summed E-state index contributed by atoms with van der Waals surface area (Å²) < 4.78 is 19.8. The molecular weight excluding hydrogens is 676 g/mol. The SMILES string of the molecule is CNCC(=O)O[C@H](C)Cn1c(C)c(C(=O)Nc2ccc(Oc3ccnc4cc(OC)ccc34)cn2)c(=O)n1-c1ccccc1.O=C(O)/C=C\C(=O)O. The first-order valence-corrected chi connectivity index (χ1v) is 15.7. The van der Waals surface area contributed by atoms with E-state index in [4.69, 9.17) is 24.4 Å². The first kappa shape index (κ1) is 38.0. The Labute approximate surface area is 296 Å². The molecule has 5 aromatic rings. The van der Waals surface area contributed by atoms with Crippen molar-refractivity contribution in [2.75, 3.05) is 26.0 Å². The number of esters is 1. The van der Waals surface area contributed by atoms with Crippen LogP contribution in [0.4, 0.5) is 5.82 Å². The Kier molecular flexibility index (Phi) is 13.0. The molecule has 4 N–H and O–H groups in total. The number of hydrogen-bond donors (Lipinski definition) is 4. The first-order chi connectivity index (χ1) is 24.9. The Balaban J connectivity index is 0.000000677. The van der Waals surface area contributed by atoms with Gasteiger partial charge in [-0.15, -0.1) is 0 Å². The number of fused-ring (bicyclic) bond motifs is 1. The predicted octanol–water partition coefficient (Wildman–Crippen LogP) is 3.81. The van der Waals surface area contributed by atoms with Crippen molar-refractivity contribution in [1.29, 1.82) is 0 Å². The molecule has 0 unspecified atom stereocenters. The molecule has 3 aromatic heterocycles.